The van der Waals surface area contributed by atoms with Crippen molar-refractivity contribution in [3.63, 3.8) is 0 Å². The second-order valence-corrected chi connectivity index (χ2v) is 8.74. The minimum Gasteiger partial charge on any atom is -0.478 e. The Hall–Kier alpha value is -5.53. The molecule has 0 saturated carbocycles. The third-order valence-corrected chi connectivity index (χ3v) is 6.14. The van der Waals surface area contributed by atoms with E-state index < -0.39 is 29.2 Å². The van der Waals surface area contributed by atoms with Crippen LogP contribution < -0.4 is 22.1 Å². The van der Waals surface area contributed by atoms with E-state index in [1.807, 2.05) is 0 Å². The molecular formula is C25H21N7O7. The summed E-state index contributed by atoms with van der Waals surface area (Å²) in [4.78, 5) is 65.3. The van der Waals surface area contributed by atoms with Gasteiger partial charge in [-0.2, -0.15) is 0 Å². The molecule has 0 atom stereocenters. The first-order chi connectivity index (χ1) is 18.6. The summed E-state index contributed by atoms with van der Waals surface area (Å²) in [5, 5.41) is 20.5. The quantitative estimate of drug-likeness (QED) is 0.234. The molecule has 0 radical (unpaired) electrons. The second kappa shape index (κ2) is 9.74. The molecular weight excluding hydrogens is 510 g/mol. The molecule has 0 spiro atoms. The molecule has 4 N–H and O–H groups in total. The fourth-order valence-corrected chi connectivity index (χ4v) is 4.10. The van der Waals surface area contributed by atoms with Gasteiger partial charge in [-0.25, -0.2) is 28.9 Å². The van der Waals surface area contributed by atoms with Gasteiger partial charge in [0.15, 0.2) is 5.58 Å². The van der Waals surface area contributed by atoms with Crippen LogP contribution in [0.2, 0.25) is 0 Å². The van der Waals surface area contributed by atoms with Crippen molar-refractivity contribution in [2.75, 3.05) is 0 Å². The van der Waals surface area contributed by atoms with Crippen molar-refractivity contribution in [1.82, 2.24) is 34.8 Å². The zero-order valence-corrected chi connectivity index (χ0v) is 20.6. The minimum atomic E-state index is -1.06. The smallest absolute Gasteiger partial charge is 0.419 e. The van der Waals surface area contributed by atoms with Gasteiger partial charge in [-0.05, 0) is 47.9 Å². The van der Waals surface area contributed by atoms with Gasteiger partial charge in [0.05, 0.1) is 11.1 Å². The van der Waals surface area contributed by atoms with Crippen LogP contribution in [-0.4, -0.2) is 47.0 Å². The summed E-state index contributed by atoms with van der Waals surface area (Å²) in [6.07, 6.45) is 0. The van der Waals surface area contributed by atoms with Gasteiger partial charge < -0.3 is 20.2 Å². The summed E-state index contributed by atoms with van der Waals surface area (Å²) in [6.45, 7) is 1.77. The van der Waals surface area contributed by atoms with Gasteiger partial charge in [0.25, 0.3) is 17.6 Å². The molecule has 14 nitrogen and oxygen atoms in total. The van der Waals surface area contributed by atoms with E-state index in [2.05, 4.69) is 25.8 Å². The van der Waals surface area contributed by atoms with Crippen LogP contribution in [0.25, 0.3) is 16.9 Å². The number of carbonyl (C=O) groups excluding carboxylic acids is 2. The van der Waals surface area contributed by atoms with E-state index in [-0.39, 0.29) is 35.8 Å². The maximum absolute atomic E-state index is 13.1. The average molecular weight is 531 g/mol. The number of rotatable bonds is 7. The Labute approximate surface area is 217 Å². The molecule has 5 aromatic rings. The maximum Gasteiger partial charge on any atom is 0.419 e. The molecule has 39 heavy (non-hydrogen) atoms. The fourth-order valence-electron chi connectivity index (χ4n) is 4.10. The third kappa shape index (κ3) is 4.77. The van der Waals surface area contributed by atoms with E-state index in [0.29, 0.717) is 27.8 Å². The SMILES string of the molecule is Cc1cc(CNC(=O)c2cc(C(=O)NCc3ccc4oc(=O)n(C)c4c3)nc3n[nH]c(=O)n23)ccc1C(=O)O. The highest BCUT2D eigenvalue weighted by atomic mass is 16.4. The van der Waals surface area contributed by atoms with E-state index in [9.17, 15) is 29.1 Å². The van der Waals surface area contributed by atoms with Gasteiger partial charge in [-0.15, -0.1) is 5.10 Å². The average Bonchev–Trinajstić information content (AvgIpc) is 3.43. The molecule has 0 bridgehead atoms. The molecule has 2 aromatic carbocycles. The summed E-state index contributed by atoms with van der Waals surface area (Å²) in [7, 11) is 1.57. The Morgan fingerprint density at radius 2 is 1.69 bits per heavy atom. The van der Waals surface area contributed by atoms with Crippen molar-refractivity contribution < 1.29 is 23.9 Å². The summed E-state index contributed by atoms with van der Waals surface area (Å²) in [6, 6.07) is 10.8. The molecule has 14 heteroatoms. The molecule has 0 saturated heterocycles. The lowest BCUT2D eigenvalue weighted by atomic mass is 10.1. The first-order valence-electron chi connectivity index (χ1n) is 11.6. The number of aryl methyl sites for hydroxylation is 2. The van der Waals surface area contributed by atoms with Crippen molar-refractivity contribution in [3.8, 4) is 0 Å². The van der Waals surface area contributed by atoms with Crippen LogP contribution in [0.15, 0.2) is 56.5 Å². The van der Waals surface area contributed by atoms with Crippen molar-refractivity contribution in [1.29, 1.82) is 0 Å². The van der Waals surface area contributed by atoms with Crippen LogP contribution in [0.4, 0.5) is 0 Å². The zero-order valence-electron chi connectivity index (χ0n) is 20.6. The molecule has 3 heterocycles. The monoisotopic (exact) mass is 531 g/mol. The molecule has 0 aliphatic heterocycles. The lowest BCUT2D eigenvalue weighted by Crippen LogP contribution is -2.30. The highest BCUT2D eigenvalue weighted by Gasteiger charge is 2.20. The molecule has 5 rings (SSSR count). The number of aromatic carboxylic acids is 1. The molecule has 198 valence electrons. The Morgan fingerprint density at radius 3 is 2.41 bits per heavy atom. The van der Waals surface area contributed by atoms with Crippen LogP contribution in [0, 0.1) is 6.92 Å². The van der Waals surface area contributed by atoms with Gasteiger partial charge in [0.1, 0.15) is 11.4 Å². The summed E-state index contributed by atoms with van der Waals surface area (Å²) in [5.41, 5.74) is 1.95. The van der Waals surface area contributed by atoms with Crippen molar-refractivity contribution in [3.05, 3.63) is 97.1 Å². The number of aromatic nitrogens is 5. The Morgan fingerprint density at radius 1 is 1.00 bits per heavy atom. The summed E-state index contributed by atoms with van der Waals surface area (Å²) < 4.78 is 7.39. The van der Waals surface area contributed by atoms with E-state index in [0.717, 1.165) is 4.40 Å². The van der Waals surface area contributed by atoms with E-state index in [1.165, 1.54) is 16.7 Å². The number of amides is 2. The highest BCUT2D eigenvalue weighted by molar-refractivity contribution is 5.98. The second-order valence-electron chi connectivity index (χ2n) is 8.74. The number of carboxylic acid groups (broad SMARTS) is 1. The number of fused-ring (bicyclic) bond motifs is 2. The van der Waals surface area contributed by atoms with Gasteiger partial charge >= 0.3 is 17.4 Å². The minimum absolute atomic E-state index is 0.0382. The lowest BCUT2D eigenvalue weighted by molar-refractivity contribution is 0.0695. The van der Waals surface area contributed by atoms with E-state index in [4.69, 9.17) is 4.42 Å². The molecule has 0 aliphatic carbocycles. The largest absolute Gasteiger partial charge is 0.478 e. The van der Waals surface area contributed by atoms with Gasteiger partial charge in [0.2, 0.25) is 0 Å². The number of carbonyl (C=O) groups is 3. The topological polar surface area (TPSA) is 194 Å². The Bertz CT molecular complexity index is 1910. The van der Waals surface area contributed by atoms with Crippen molar-refractivity contribution in [2.24, 2.45) is 7.05 Å². The standard InChI is InChI=1S/C25H21N7O7/c1-12-7-13(3-5-15(12)22(35)36)10-27-21(34)18-9-16(28-23-29-30-24(37)32(18)23)20(33)26-11-14-4-6-19-17(8-14)31(2)25(38)39-19/h3-9H,10-11H2,1-2H3,(H,26,33)(H,27,34)(H,30,37)(H,35,36). The Balaban J connectivity index is 1.36. The zero-order chi connectivity index (χ0) is 27.8. The number of hydrogen-bond donors (Lipinski definition) is 4. The van der Waals surface area contributed by atoms with Crippen LogP contribution in [0.5, 0.6) is 0 Å². The van der Waals surface area contributed by atoms with Crippen molar-refractivity contribution in [2.45, 2.75) is 20.0 Å². The first kappa shape index (κ1) is 25.1. The normalized spacial score (nSPS) is 11.1. The Kier molecular flexibility index (Phi) is 6.27. The third-order valence-electron chi connectivity index (χ3n) is 6.14. The highest BCUT2D eigenvalue weighted by Crippen LogP contribution is 2.15. The van der Waals surface area contributed by atoms with Gasteiger partial charge in [0, 0.05) is 20.1 Å². The summed E-state index contributed by atoms with van der Waals surface area (Å²) in [5.74, 6) is -3.03. The number of carboxylic acids is 1. The van der Waals surface area contributed by atoms with Crippen LogP contribution in [0.1, 0.15) is 48.0 Å². The van der Waals surface area contributed by atoms with E-state index >= 15 is 0 Å². The van der Waals surface area contributed by atoms with Crippen LogP contribution >= 0.6 is 0 Å². The maximum atomic E-state index is 13.1. The van der Waals surface area contributed by atoms with E-state index in [1.54, 1.807) is 44.3 Å². The number of nitrogens with zero attached hydrogens (tertiary/aromatic N) is 4. The molecule has 3 aromatic heterocycles. The number of H-pyrrole nitrogens is 1. The number of oxazole rings is 1. The van der Waals surface area contributed by atoms with Gasteiger partial charge in [-0.1, -0.05) is 18.2 Å². The van der Waals surface area contributed by atoms with Crippen LogP contribution in [-0.2, 0) is 20.1 Å². The number of benzene rings is 2. The first-order valence-corrected chi connectivity index (χ1v) is 11.6. The molecule has 0 fully saturated rings. The molecule has 0 unspecified atom stereocenters. The summed E-state index contributed by atoms with van der Waals surface area (Å²) >= 11 is 0. The predicted octanol–water partition coefficient (Wildman–Crippen LogP) is 0.729. The fraction of sp³-hybridized carbons (Fsp3) is 0.160. The molecule has 2 amide bonds. The van der Waals surface area contributed by atoms with Crippen molar-refractivity contribution >= 4 is 34.7 Å². The number of nitrogens with one attached hydrogen (secondary N) is 3. The number of aromatic amines is 1. The number of hydrogen-bond acceptors (Lipinski definition) is 8. The lowest BCUT2D eigenvalue weighted by Gasteiger charge is -2.10. The van der Waals surface area contributed by atoms with Crippen LogP contribution in [0.3, 0.4) is 0 Å². The predicted molar refractivity (Wildman–Crippen MR) is 136 cm³/mol. The molecule has 0 aliphatic rings. The van der Waals surface area contributed by atoms with Gasteiger partial charge in [-0.3, -0.25) is 14.2 Å².